The molecule has 0 saturated heterocycles. The summed E-state index contributed by atoms with van der Waals surface area (Å²) in [6, 6.07) is -0.158. The first kappa shape index (κ1) is 18.7. The lowest BCUT2D eigenvalue weighted by atomic mass is 9.96. The van der Waals surface area contributed by atoms with Crippen LogP contribution < -0.4 is 10.6 Å². The van der Waals surface area contributed by atoms with Crippen molar-refractivity contribution in [3.05, 3.63) is 0 Å². The van der Waals surface area contributed by atoms with Gasteiger partial charge in [-0.2, -0.15) is 0 Å². The maximum absolute atomic E-state index is 11.7. The van der Waals surface area contributed by atoms with Gasteiger partial charge in [-0.05, 0) is 19.3 Å². The molecule has 0 aromatic rings. The molecule has 0 saturated carbocycles. The molecule has 0 spiro atoms. The summed E-state index contributed by atoms with van der Waals surface area (Å²) >= 11 is 0. The van der Waals surface area contributed by atoms with E-state index in [4.69, 9.17) is 5.11 Å². The van der Waals surface area contributed by atoms with Gasteiger partial charge in [0.25, 0.3) is 0 Å². The zero-order valence-electron chi connectivity index (χ0n) is 13.2. The van der Waals surface area contributed by atoms with E-state index in [0.29, 0.717) is 0 Å². The maximum Gasteiger partial charge on any atom is 0.315 e. The number of amides is 2. The van der Waals surface area contributed by atoms with E-state index in [1.807, 2.05) is 20.8 Å². The van der Waals surface area contributed by atoms with Gasteiger partial charge in [-0.3, -0.25) is 4.79 Å². The van der Waals surface area contributed by atoms with E-state index in [2.05, 4.69) is 17.6 Å². The Morgan fingerprint density at radius 2 is 1.75 bits per heavy atom. The topological polar surface area (TPSA) is 78.4 Å². The molecule has 0 aromatic carbocycles. The largest absolute Gasteiger partial charge is 0.481 e. The van der Waals surface area contributed by atoms with Crippen molar-refractivity contribution < 1.29 is 14.7 Å². The molecule has 5 heteroatoms. The molecule has 0 aromatic heterocycles. The smallest absolute Gasteiger partial charge is 0.315 e. The predicted octanol–water partition coefficient (Wildman–Crippen LogP) is 3.00. The second kappa shape index (κ2) is 10.5. The Balaban J connectivity index is 3.89. The van der Waals surface area contributed by atoms with Crippen molar-refractivity contribution >= 4 is 12.0 Å². The van der Waals surface area contributed by atoms with Crippen molar-refractivity contribution in [1.82, 2.24) is 10.6 Å². The fourth-order valence-electron chi connectivity index (χ4n) is 2.04. The normalized spacial score (nSPS) is 13.8. The van der Waals surface area contributed by atoms with Crippen molar-refractivity contribution in [3.8, 4) is 0 Å². The second-order valence-electron chi connectivity index (χ2n) is 5.79. The maximum atomic E-state index is 11.7. The number of carbonyl (C=O) groups is 2. The number of hydrogen-bond donors (Lipinski definition) is 3. The van der Waals surface area contributed by atoms with Crippen LogP contribution in [0.2, 0.25) is 0 Å². The quantitative estimate of drug-likeness (QED) is 0.540. The molecule has 2 atom stereocenters. The van der Waals surface area contributed by atoms with Crippen LogP contribution in [0.1, 0.15) is 59.8 Å². The van der Waals surface area contributed by atoms with Crippen molar-refractivity contribution in [2.75, 3.05) is 6.54 Å². The van der Waals surface area contributed by atoms with Gasteiger partial charge in [0.05, 0.1) is 5.92 Å². The monoisotopic (exact) mass is 286 g/mol. The Labute approximate surface area is 122 Å². The van der Waals surface area contributed by atoms with E-state index in [1.54, 1.807) is 0 Å². The highest BCUT2D eigenvalue weighted by atomic mass is 16.4. The summed E-state index contributed by atoms with van der Waals surface area (Å²) < 4.78 is 0. The second-order valence-corrected chi connectivity index (χ2v) is 5.79. The molecule has 0 aliphatic rings. The first-order valence-corrected chi connectivity index (χ1v) is 7.65. The van der Waals surface area contributed by atoms with Gasteiger partial charge in [-0.1, -0.05) is 46.5 Å². The third kappa shape index (κ3) is 8.77. The van der Waals surface area contributed by atoms with Gasteiger partial charge >= 0.3 is 12.0 Å². The fraction of sp³-hybridized carbons (Fsp3) is 0.867. The molecule has 20 heavy (non-hydrogen) atoms. The van der Waals surface area contributed by atoms with Gasteiger partial charge < -0.3 is 15.7 Å². The van der Waals surface area contributed by atoms with Crippen molar-refractivity contribution in [2.24, 2.45) is 11.8 Å². The van der Waals surface area contributed by atoms with Gasteiger partial charge in [0.1, 0.15) is 0 Å². The number of aliphatic carboxylic acids is 1. The minimum Gasteiger partial charge on any atom is -0.481 e. The summed E-state index contributed by atoms with van der Waals surface area (Å²) in [5, 5.41) is 14.5. The molecule has 0 bridgehead atoms. The van der Waals surface area contributed by atoms with Gasteiger partial charge in [0.15, 0.2) is 0 Å². The number of carboxylic acids is 1. The molecule has 3 N–H and O–H groups in total. The van der Waals surface area contributed by atoms with E-state index < -0.39 is 11.9 Å². The number of carboxylic acid groups (broad SMARTS) is 1. The van der Waals surface area contributed by atoms with E-state index in [0.717, 1.165) is 12.8 Å². The zero-order valence-corrected chi connectivity index (χ0v) is 13.2. The van der Waals surface area contributed by atoms with Crippen LogP contribution >= 0.6 is 0 Å². The Morgan fingerprint density at radius 1 is 1.10 bits per heavy atom. The first-order chi connectivity index (χ1) is 9.38. The van der Waals surface area contributed by atoms with Crippen LogP contribution in [0.3, 0.4) is 0 Å². The lowest BCUT2D eigenvalue weighted by Gasteiger charge is -2.19. The van der Waals surface area contributed by atoms with E-state index >= 15 is 0 Å². The Hall–Kier alpha value is -1.26. The van der Waals surface area contributed by atoms with Crippen LogP contribution in [0.25, 0.3) is 0 Å². The number of urea groups is 1. The summed E-state index contributed by atoms with van der Waals surface area (Å²) in [5.41, 5.74) is 0. The number of carbonyl (C=O) groups excluding carboxylic acids is 1. The number of rotatable bonds is 10. The van der Waals surface area contributed by atoms with Gasteiger partial charge in [-0.15, -0.1) is 0 Å². The van der Waals surface area contributed by atoms with Gasteiger partial charge in [0, 0.05) is 12.6 Å². The summed E-state index contributed by atoms with van der Waals surface area (Å²) in [6.45, 7) is 8.00. The van der Waals surface area contributed by atoms with Crippen LogP contribution in [0, 0.1) is 11.8 Å². The molecular formula is C15H30N2O3. The minimum absolute atomic E-state index is 0.000678. The van der Waals surface area contributed by atoms with Crippen LogP contribution in [0.5, 0.6) is 0 Å². The highest BCUT2D eigenvalue weighted by molar-refractivity contribution is 5.76. The third-order valence-electron chi connectivity index (χ3n) is 3.47. The predicted molar refractivity (Wildman–Crippen MR) is 80.7 cm³/mol. The molecule has 5 nitrogen and oxygen atoms in total. The van der Waals surface area contributed by atoms with Crippen molar-refractivity contribution in [3.63, 3.8) is 0 Å². The minimum atomic E-state index is -0.868. The molecule has 0 rings (SSSR count). The lowest BCUT2D eigenvalue weighted by molar-refractivity contribution is -0.142. The van der Waals surface area contributed by atoms with Crippen LogP contribution in [-0.4, -0.2) is 29.7 Å². The Morgan fingerprint density at radius 3 is 2.25 bits per heavy atom. The lowest BCUT2D eigenvalue weighted by Crippen LogP contribution is -2.44. The van der Waals surface area contributed by atoms with Gasteiger partial charge in [0.2, 0.25) is 0 Å². The number of unbranched alkanes of at least 4 members (excludes halogenated alkanes) is 3. The standard InChI is InChI=1S/C15H30N2O3/c1-5-6-7-8-9-12(4)17-15(20)16-10-13(11(2)3)14(18)19/h11-13H,5-10H2,1-4H3,(H,18,19)(H2,16,17,20). The SMILES string of the molecule is CCCCCCC(C)NC(=O)NCC(C(=O)O)C(C)C. The first-order valence-electron chi connectivity index (χ1n) is 7.65. The van der Waals surface area contributed by atoms with E-state index in [9.17, 15) is 9.59 Å². The molecule has 0 heterocycles. The molecule has 0 fully saturated rings. The van der Waals surface area contributed by atoms with Crippen LogP contribution in [0.15, 0.2) is 0 Å². The fourth-order valence-corrected chi connectivity index (χ4v) is 2.04. The molecule has 2 unspecified atom stereocenters. The van der Waals surface area contributed by atoms with Crippen LogP contribution in [0.4, 0.5) is 4.79 Å². The number of nitrogens with one attached hydrogen (secondary N) is 2. The molecule has 0 aliphatic heterocycles. The highest BCUT2D eigenvalue weighted by Crippen LogP contribution is 2.09. The molecular weight excluding hydrogens is 256 g/mol. The average molecular weight is 286 g/mol. The molecule has 0 aliphatic carbocycles. The number of hydrogen-bond acceptors (Lipinski definition) is 2. The Kier molecular flexibility index (Phi) is 9.86. The van der Waals surface area contributed by atoms with Crippen molar-refractivity contribution in [2.45, 2.75) is 65.8 Å². The Bertz CT molecular complexity index is 293. The zero-order chi connectivity index (χ0) is 15.5. The van der Waals surface area contributed by atoms with E-state index in [-0.39, 0.29) is 24.5 Å². The highest BCUT2D eigenvalue weighted by Gasteiger charge is 2.22. The average Bonchev–Trinajstić information content (AvgIpc) is 2.34. The third-order valence-corrected chi connectivity index (χ3v) is 3.47. The van der Waals surface area contributed by atoms with Crippen molar-refractivity contribution in [1.29, 1.82) is 0 Å². The van der Waals surface area contributed by atoms with Gasteiger partial charge in [-0.25, -0.2) is 4.79 Å². The summed E-state index contributed by atoms with van der Waals surface area (Å²) in [6.07, 6.45) is 5.69. The summed E-state index contributed by atoms with van der Waals surface area (Å²) in [5.74, 6) is -1.41. The van der Waals surface area contributed by atoms with E-state index in [1.165, 1.54) is 19.3 Å². The molecule has 2 amide bonds. The summed E-state index contributed by atoms with van der Waals surface area (Å²) in [7, 11) is 0. The molecule has 0 radical (unpaired) electrons. The van der Waals surface area contributed by atoms with Crippen LogP contribution in [-0.2, 0) is 4.79 Å². The summed E-state index contributed by atoms with van der Waals surface area (Å²) in [4.78, 5) is 22.7. The molecule has 118 valence electrons.